The zero-order valence-corrected chi connectivity index (χ0v) is 11.1. The van der Waals surface area contributed by atoms with Gasteiger partial charge in [-0.05, 0) is 18.7 Å². The maximum Gasteiger partial charge on any atom is 0.0312 e. The molecule has 0 saturated heterocycles. The fourth-order valence-electron chi connectivity index (χ4n) is 0.825. The molecule has 92 valence electrons. The molecule has 1 rings (SSSR count). The Morgan fingerprint density at radius 3 is 2.19 bits per heavy atom. The van der Waals surface area contributed by atoms with E-state index in [2.05, 4.69) is 49.4 Å². The first-order valence-corrected chi connectivity index (χ1v) is 5.85. The van der Waals surface area contributed by atoms with Crippen LogP contribution in [0.3, 0.4) is 0 Å². The van der Waals surface area contributed by atoms with E-state index < -0.39 is 0 Å². The summed E-state index contributed by atoms with van der Waals surface area (Å²) in [6, 6.07) is 5.20. The Morgan fingerprint density at radius 1 is 1.19 bits per heavy atom. The monoisotopic (exact) mass is 223 g/mol. The number of nitrogens with zero attached hydrogens (tertiary/aromatic N) is 1. The van der Waals surface area contributed by atoms with Gasteiger partial charge in [0.1, 0.15) is 0 Å². The molecule has 0 bridgehead atoms. The second kappa shape index (κ2) is 9.31. The van der Waals surface area contributed by atoms with E-state index in [4.69, 9.17) is 0 Å². The van der Waals surface area contributed by atoms with Crippen molar-refractivity contribution in [1.82, 2.24) is 15.6 Å². The molecule has 3 nitrogen and oxygen atoms in total. The SMILES string of the molecule is CC(C)NCc1cccnc1.CNC(C)C. The van der Waals surface area contributed by atoms with Crippen molar-refractivity contribution >= 4 is 0 Å². The van der Waals surface area contributed by atoms with Crippen LogP contribution in [-0.4, -0.2) is 24.1 Å². The van der Waals surface area contributed by atoms with Crippen LogP contribution in [-0.2, 0) is 6.54 Å². The van der Waals surface area contributed by atoms with E-state index >= 15 is 0 Å². The van der Waals surface area contributed by atoms with Crippen molar-refractivity contribution in [1.29, 1.82) is 0 Å². The fourth-order valence-corrected chi connectivity index (χ4v) is 0.825. The third kappa shape index (κ3) is 9.62. The summed E-state index contributed by atoms with van der Waals surface area (Å²) in [5, 5.41) is 6.35. The van der Waals surface area contributed by atoms with E-state index in [-0.39, 0.29) is 0 Å². The smallest absolute Gasteiger partial charge is 0.0312 e. The molecule has 0 atom stereocenters. The Morgan fingerprint density at radius 2 is 1.81 bits per heavy atom. The molecule has 3 heteroatoms. The highest BCUT2D eigenvalue weighted by Crippen LogP contribution is 1.94. The van der Waals surface area contributed by atoms with E-state index in [1.165, 1.54) is 5.56 Å². The Kier molecular flexibility index (Phi) is 8.77. The van der Waals surface area contributed by atoms with Crippen LogP contribution in [0.2, 0.25) is 0 Å². The highest BCUT2D eigenvalue weighted by atomic mass is 14.9. The van der Waals surface area contributed by atoms with Crippen molar-refractivity contribution in [3.8, 4) is 0 Å². The molecular formula is C13H25N3. The molecule has 2 N–H and O–H groups in total. The van der Waals surface area contributed by atoms with Gasteiger partial charge < -0.3 is 10.6 Å². The Balaban J connectivity index is 0.000000385. The van der Waals surface area contributed by atoms with Gasteiger partial charge in [-0.3, -0.25) is 4.98 Å². The summed E-state index contributed by atoms with van der Waals surface area (Å²) in [5.74, 6) is 0. The molecule has 0 aromatic carbocycles. The number of hydrogen-bond acceptors (Lipinski definition) is 3. The summed E-state index contributed by atoms with van der Waals surface area (Å²) in [7, 11) is 1.95. The van der Waals surface area contributed by atoms with E-state index in [9.17, 15) is 0 Å². The quantitative estimate of drug-likeness (QED) is 0.821. The zero-order valence-electron chi connectivity index (χ0n) is 11.1. The first-order valence-electron chi connectivity index (χ1n) is 5.85. The van der Waals surface area contributed by atoms with Gasteiger partial charge in [0.2, 0.25) is 0 Å². The van der Waals surface area contributed by atoms with Gasteiger partial charge in [0.15, 0.2) is 0 Å². The lowest BCUT2D eigenvalue weighted by atomic mass is 10.2. The topological polar surface area (TPSA) is 37.0 Å². The van der Waals surface area contributed by atoms with E-state index in [1.54, 1.807) is 6.20 Å². The summed E-state index contributed by atoms with van der Waals surface area (Å²) in [4.78, 5) is 4.02. The Labute approximate surface area is 99.7 Å². The van der Waals surface area contributed by atoms with Crippen LogP contribution in [0.1, 0.15) is 33.3 Å². The van der Waals surface area contributed by atoms with Crippen molar-refractivity contribution in [3.63, 3.8) is 0 Å². The van der Waals surface area contributed by atoms with Gasteiger partial charge in [0, 0.05) is 31.0 Å². The van der Waals surface area contributed by atoms with Gasteiger partial charge in [0.25, 0.3) is 0 Å². The van der Waals surface area contributed by atoms with Crippen molar-refractivity contribution in [2.24, 2.45) is 0 Å². The number of rotatable bonds is 4. The van der Waals surface area contributed by atoms with Crippen LogP contribution >= 0.6 is 0 Å². The van der Waals surface area contributed by atoms with Gasteiger partial charge >= 0.3 is 0 Å². The lowest BCUT2D eigenvalue weighted by molar-refractivity contribution is 0.588. The first kappa shape index (κ1) is 15.1. The van der Waals surface area contributed by atoms with E-state index in [0.29, 0.717) is 12.1 Å². The third-order valence-electron chi connectivity index (χ3n) is 2.01. The van der Waals surface area contributed by atoms with Gasteiger partial charge in [-0.1, -0.05) is 33.8 Å². The second-order valence-corrected chi connectivity index (χ2v) is 4.34. The highest BCUT2D eigenvalue weighted by molar-refractivity contribution is 5.07. The van der Waals surface area contributed by atoms with Crippen molar-refractivity contribution in [3.05, 3.63) is 30.1 Å². The van der Waals surface area contributed by atoms with Gasteiger partial charge in [0.05, 0.1) is 0 Å². The molecule has 0 spiro atoms. The predicted molar refractivity (Wildman–Crippen MR) is 70.4 cm³/mol. The van der Waals surface area contributed by atoms with Crippen LogP contribution in [0.5, 0.6) is 0 Å². The molecule has 0 unspecified atom stereocenters. The summed E-state index contributed by atoms with van der Waals surface area (Å²) >= 11 is 0. The molecule has 0 fully saturated rings. The number of nitrogens with one attached hydrogen (secondary N) is 2. The van der Waals surface area contributed by atoms with E-state index in [0.717, 1.165) is 6.54 Å². The maximum atomic E-state index is 4.02. The fraction of sp³-hybridized carbons (Fsp3) is 0.615. The Bertz CT molecular complexity index is 245. The minimum absolute atomic E-state index is 0.537. The van der Waals surface area contributed by atoms with Crippen LogP contribution in [0.4, 0.5) is 0 Å². The Hall–Kier alpha value is -0.930. The van der Waals surface area contributed by atoms with Crippen LogP contribution in [0.15, 0.2) is 24.5 Å². The first-order chi connectivity index (χ1) is 7.56. The number of pyridine rings is 1. The molecule has 0 amide bonds. The van der Waals surface area contributed by atoms with E-state index in [1.807, 2.05) is 19.3 Å². The largest absolute Gasteiger partial charge is 0.318 e. The van der Waals surface area contributed by atoms with Crippen molar-refractivity contribution < 1.29 is 0 Å². The van der Waals surface area contributed by atoms with Crippen molar-refractivity contribution in [2.75, 3.05) is 7.05 Å². The predicted octanol–water partition coefficient (Wildman–Crippen LogP) is 2.19. The zero-order chi connectivity index (χ0) is 12.4. The summed E-state index contributed by atoms with van der Waals surface area (Å²) in [5.41, 5.74) is 1.24. The van der Waals surface area contributed by atoms with Crippen LogP contribution in [0.25, 0.3) is 0 Å². The molecule has 0 saturated carbocycles. The molecule has 1 heterocycles. The molecule has 1 aromatic rings. The number of aromatic nitrogens is 1. The molecule has 0 aliphatic heterocycles. The average molecular weight is 223 g/mol. The molecule has 1 aromatic heterocycles. The third-order valence-corrected chi connectivity index (χ3v) is 2.01. The maximum absolute atomic E-state index is 4.02. The number of hydrogen-bond donors (Lipinski definition) is 2. The molecular weight excluding hydrogens is 198 g/mol. The van der Waals surface area contributed by atoms with Gasteiger partial charge in [-0.25, -0.2) is 0 Å². The molecule has 0 aliphatic rings. The lowest BCUT2D eigenvalue weighted by Crippen LogP contribution is -2.21. The summed E-state index contributed by atoms with van der Waals surface area (Å²) < 4.78 is 0. The standard InChI is InChI=1S/C9H14N2.C4H11N/c1-8(2)11-7-9-4-3-5-10-6-9;1-4(2)5-3/h3-6,8,11H,7H2,1-2H3;4-5H,1-3H3. The van der Waals surface area contributed by atoms with Crippen LogP contribution < -0.4 is 10.6 Å². The average Bonchev–Trinajstić information content (AvgIpc) is 2.28. The minimum atomic E-state index is 0.537. The van der Waals surface area contributed by atoms with Crippen molar-refractivity contribution in [2.45, 2.75) is 46.3 Å². The lowest BCUT2D eigenvalue weighted by Gasteiger charge is -2.06. The second-order valence-electron chi connectivity index (χ2n) is 4.34. The molecule has 0 radical (unpaired) electrons. The highest BCUT2D eigenvalue weighted by Gasteiger charge is 1.92. The summed E-state index contributed by atoms with van der Waals surface area (Å²) in [6.07, 6.45) is 3.67. The molecule has 0 aliphatic carbocycles. The van der Waals surface area contributed by atoms with Gasteiger partial charge in [-0.2, -0.15) is 0 Å². The van der Waals surface area contributed by atoms with Crippen LogP contribution in [0, 0.1) is 0 Å². The van der Waals surface area contributed by atoms with Gasteiger partial charge in [-0.15, -0.1) is 0 Å². The molecule has 16 heavy (non-hydrogen) atoms. The minimum Gasteiger partial charge on any atom is -0.318 e. The normalized spacial score (nSPS) is 10.2. The summed E-state index contributed by atoms with van der Waals surface area (Å²) in [6.45, 7) is 9.40.